The minimum absolute atomic E-state index is 0.0775. The smallest absolute Gasteiger partial charge is 0.338 e. The number of hydrogen-bond acceptors (Lipinski definition) is 9. The second-order valence-electron chi connectivity index (χ2n) is 7.91. The standard InChI is InChI=1S/C24H19Cl2N5O5/c25-16-18(36-23(33)14-9-5-2-6-10-14)15(11-34-22(32)13-7-3-1-4-8-13)35-21(16)31-12-28-17-19(27)29-24(26)30-20(17)31/h1-10,12,15-16,18,21H,11H2,(H2,27,29,30)/t15-,16+,18?,21-/m1/s1. The second kappa shape index (κ2) is 10.1. The zero-order chi connectivity index (χ0) is 25.2. The van der Waals surface area contributed by atoms with Crippen molar-refractivity contribution in [2.24, 2.45) is 0 Å². The topological polar surface area (TPSA) is 131 Å². The molecule has 12 heteroatoms. The van der Waals surface area contributed by atoms with Crippen molar-refractivity contribution in [1.29, 1.82) is 0 Å². The summed E-state index contributed by atoms with van der Waals surface area (Å²) in [7, 11) is 0. The quantitative estimate of drug-likeness (QED) is 0.226. The Morgan fingerprint density at radius 2 is 1.64 bits per heavy atom. The Hall–Kier alpha value is -3.73. The summed E-state index contributed by atoms with van der Waals surface area (Å²) in [4.78, 5) is 37.7. The summed E-state index contributed by atoms with van der Waals surface area (Å²) in [6, 6.07) is 16.9. The number of benzene rings is 2. The molecule has 0 aliphatic carbocycles. The van der Waals surface area contributed by atoms with E-state index >= 15 is 0 Å². The minimum atomic E-state index is -0.972. The molecule has 36 heavy (non-hydrogen) atoms. The molecule has 1 unspecified atom stereocenters. The van der Waals surface area contributed by atoms with Crippen LogP contribution in [-0.2, 0) is 14.2 Å². The Labute approximate surface area is 214 Å². The lowest BCUT2D eigenvalue weighted by Gasteiger charge is -2.20. The molecule has 184 valence electrons. The molecule has 3 heterocycles. The molecule has 4 aromatic rings. The van der Waals surface area contributed by atoms with Gasteiger partial charge in [0.05, 0.1) is 17.5 Å². The highest BCUT2D eigenvalue weighted by Gasteiger charge is 2.48. The number of nitrogens with two attached hydrogens (primary N) is 1. The van der Waals surface area contributed by atoms with Gasteiger partial charge in [-0.15, -0.1) is 11.6 Å². The lowest BCUT2D eigenvalue weighted by Crippen LogP contribution is -2.36. The first kappa shape index (κ1) is 24.0. The Kier molecular flexibility index (Phi) is 6.73. The number of ether oxygens (including phenoxy) is 3. The first-order chi connectivity index (χ1) is 17.4. The number of imidazole rings is 1. The predicted molar refractivity (Wildman–Crippen MR) is 131 cm³/mol. The Balaban J connectivity index is 1.42. The van der Waals surface area contributed by atoms with E-state index in [0.717, 1.165) is 0 Å². The summed E-state index contributed by atoms with van der Waals surface area (Å²) in [5, 5.41) is -0.975. The summed E-state index contributed by atoms with van der Waals surface area (Å²) in [6.07, 6.45) is -1.32. The van der Waals surface area contributed by atoms with E-state index in [1.165, 1.54) is 10.9 Å². The molecule has 1 aliphatic rings. The lowest BCUT2D eigenvalue weighted by molar-refractivity contribution is -0.0563. The van der Waals surface area contributed by atoms with E-state index in [1.807, 2.05) is 0 Å². The molecule has 1 saturated heterocycles. The van der Waals surface area contributed by atoms with Crippen LogP contribution in [0.25, 0.3) is 11.2 Å². The van der Waals surface area contributed by atoms with Crippen LogP contribution in [0.5, 0.6) is 0 Å². The number of alkyl halides is 1. The van der Waals surface area contributed by atoms with Crippen LogP contribution in [-0.4, -0.2) is 55.6 Å². The molecular weight excluding hydrogens is 509 g/mol. The van der Waals surface area contributed by atoms with Gasteiger partial charge in [-0.2, -0.15) is 9.97 Å². The molecule has 1 fully saturated rings. The molecule has 4 atom stereocenters. The van der Waals surface area contributed by atoms with E-state index in [2.05, 4.69) is 15.0 Å². The molecule has 0 spiro atoms. The van der Waals surface area contributed by atoms with Gasteiger partial charge in [0.15, 0.2) is 23.8 Å². The van der Waals surface area contributed by atoms with Crippen molar-refractivity contribution in [3.8, 4) is 0 Å². The number of halogens is 2. The highest BCUT2D eigenvalue weighted by atomic mass is 35.5. The largest absolute Gasteiger partial charge is 0.459 e. The van der Waals surface area contributed by atoms with Crippen LogP contribution >= 0.6 is 23.2 Å². The number of rotatable bonds is 6. The van der Waals surface area contributed by atoms with E-state index in [9.17, 15) is 9.59 Å². The van der Waals surface area contributed by atoms with E-state index in [0.29, 0.717) is 22.3 Å². The molecule has 2 aromatic heterocycles. The Morgan fingerprint density at radius 3 is 2.31 bits per heavy atom. The maximum absolute atomic E-state index is 12.8. The number of carbonyl (C=O) groups is 2. The van der Waals surface area contributed by atoms with Crippen molar-refractivity contribution < 1.29 is 23.8 Å². The third kappa shape index (κ3) is 4.70. The molecule has 2 aromatic carbocycles. The number of nitrogen functional groups attached to an aromatic ring is 1. The molecule has 10 nitrogen and oxygen atoms in total. The van der Waals surface area contributed by atoms with E-state index in [4.69, 9.17) is 43.1 Å². The second-order valence-corrected chi connectivity index (χ2v) is 8.75. The number of fused-ring (bicyclic) bond motifs is 1. The van der Waals surface area contributed by atoms with Gasteiger partial charge >= 0.3 is 11.9 Å². The number of esters is 2. The van der Waals surface area contributed by atoms with Gasteiger partial charge in [0.1, 0.15) is 23.6 Å². The number of nitrogens with zero attached hydrogens (tertiary/aromatic N) is 4. The van der Waals surface area contributed by atoms with Crippen molar-refractivity contribution in [2.75, 3.05) is 12.3 Å². The summed E-state index contributed by atoms with van der Waals surface area (Å²) < 4.78 is 18.9. The summed E-state index contributed by atoms with van der Waals surface area (Å²) >= 11 is 12.8. The molecule has 0 bridgehead atoms. The third-order valence-electron chi connectivity index (χ3n) is 5.60. The molecule has 0 amide bonds. The maximum atomic E-state index is 12.8. The molecular formula is C24H19Cl2N5O5. The SMILES string of the molecule is Nc1nc(Cl)nc2c1ncn2[C@@H]1O[C@H](COC(=O)c2ccccc2)C(OC(=O)c2ccccc2)[C@@H]1Cl. The minimum Gasteiger partial charge on any atom is -0.459 e. The number of aromatic nitrogens is 4. The first-order valence-corrected chi connectivity index (χ1v) is 11.7. The average molecular weight is 528 g/mol. The van der Waals surface area contributed by atoms with Crippen molar-refractivity contribution >= 4 is 52.1 Å². The average Bonchev–Trinajstić information content (AvgIpc) is 3.44. The van der Waals surface area contributed by atoms with Gasteiger partial charge in [-0.3, -0.25) is 4.57 Å². The van der Waals surface area contributed by atoms with Gasteiger partial charge in [0.2, 0.25) is 5.28 Å². The van der Waals surface area contributed by atoms with Gasteiger partial charge in [0.25, 0.3) is 0 Å². The van der Waals surface area contributed by atoms with Gasteiger partial charge in [-0.05, 0) is 35.9 Å². The van der Waals surface area contributed by atoms with Crippen LogP contribution in [0.4, 0.5) is 5.82 Å². The number of carbonyl (C=O) groups excluding carboxylic acids is 2. The fourth-order valence-corrected chi connectivity index (χ4v) is 4.44. The van der Waals surface area contributed by atoms with Gasteiger partial charge in [-0.25, -0.2) is 14.6 Å². The fraction of sp³-hybridized carbons (Fsp3) is 0.208. The zero-order valence-corrected chi connectivity index (χ0v) is 20.0. The van der Waals surface area contributed by atoms with Crippen molar-refractivity contribution in [2.45, 2.75) is 23.8 Å². The lowest BCUT2D eigenvalue weighted by atomic mass is 10.1. The van der Waals surface area contributed by atoms with Crippen LogP contribution in [0.2, 0.25) is 5.28 Å². The number of hydrogen-bond donors (Lipinski definition) is 1. The van der Waals surface area contributed by atoms with E-state index < -0.39 is 35.8 Å². The number of anilines is 1. The molecule has 1 aliphatic heterocycles. The zero-order valence-electron chi connectivity index (χ0n) is 18.5. The van der Waals surface area contributed by atoms with Crippen molar-refractivity contribution in [3.63, 3.8) is 0 Å². The van der Waals surface area contributed by atoms with E-state index in [1.54, 1.807) is 60.7 Å². The molecule has 5 rings (SSSR count). The summed E-state index contributed by atoms with van der Waals surface area (Å²) in [5.74, 6) is -1.06. The van der Waals surface area contributed by atoms with E-state index in [-0.39, 0.29) is 17.7 Å². The molecule has 0 saturated carbocycles. The van der Waals surface area contributed by atoms with Crippen LogP contribution in [0.3, 0.4) is 0 Å². The Morgan fingerprint density at radius 1 is 1.00 bits per heavy atom. The van der Waals surface area contributed by atoms with Crippen LogP contribution in [0.15, 0.2) is 67.0 Å². The monoisotopic (exact) mass is 527 g/mol. The first-order valence-electron chi connectivity index (χ1n) is 10.9. The van der Waals surface area contributed by atoms with Crippen LogP contribution < -0.4 is 5.73 Å². The highest BCUT2D eigenvalue weighted by molar-refractivity contribution is 6.28. The van der Waals surface area contributed by atoms with Gasteiger partial charge in [-0.1, -0.05) is 36.4 Å². The highest BCUT2D eigenvalue weighted by Crippen LogP contribution is 2.38. The summed E-state index contributed by atoms with van der Waals surface area (Å²) in [5.41, 5.74) is 7.22. The fourth-order valence-electron chi connectivity index (χ4n) is 3.87. The van der Waals surface area contributed by atoms with Crippen LogP contribution in [0, 0.1) is 0 Å². The van der Waals surface area contributed by atoms with Gasteiger partial charge in [0, 0.05) is 0 Å². The van der Waals surface area contributed by atoms with Crippen LogP contribution in [0.1, 0.15) is 26.9 Å². The molecule has 0 radical (unpaired) electrons. The maximum Gasteiger partial charge on any atom is 0.338 e. The third-order valence-corrected chi connectivity index (χ3v) is 6.24. The Bertz CT molecular complexity index is 1400. The molecule has 2 N–H and O–H groups in total. The van der Waals surface area contributed by atoms with Gasteiger partial charge < -0.3 is 19.9 Å². The van der Waals surface area contributed by atoms with Crippen molar-refractivity contribution in [1.82, 2.24) is 19.5 Å². The normalized spacial score (nSPS) is 21.4. The van der Waals surface area contributed by atoms with Crippen molar-refractivity contribution in [3.05, 3.63) is 83.4 Å². The summed E-state index contributed by atoms with van der Waals surface area (Å²) in [6.45, 7) is -0.218. The predicted octanol–water partition coefficient (Wildman–Crippen LogP) is 3.65.